The Kier molecular flexibility index (Phi) is 5.07. The van der Waals surface area contributed by atoms with Gasteiger partial charge in [0.2, 0.25) is 0 Å². The van der Waals surface area contributed by atoms with Crippen molar-refractivity contribution >= 4 is 28.2 Å². The minimum atomic E-state index is -0.513. The number of rotatable bonds is 4. The van der Waals surface area contributed by atoms with Gasteiger partial charge >= 0.3 is 0 Å². The first-order valence-corrected chi connectivity index (χ1v) is 9.57. The number of pyridine rings is 1. The number of nitrogens with zero attached hydrogens (tertiary/aromatic N) is 3. The van der Waals surface area contributed by atoms with Crippen LogP contribution in [0.1, 0.15) is 10.4 Å². The normalized spacial score (nSPS) is 13.8. The molecule has 4 rings (SSSR count). The predicted octanol–water partition coefficient (Wildman–Crippen LogP) is 2.70. The molecule has 0 saturated heterocycles. The number of hydrogen-bond acceptors (Lipinski definition) is 4. The molecule has 2 heterocycles. The Bertz CT molecular complexity index is 1130. The summed E-state index contributed by atoms with van der Waals surface area (Å²) < 4.78 is 13.4. The van der Waals surface area contributed by atoms with Gasteiger partial charge < -0.3 is 19.7 Å². The lowest BCUT2D eigenvalue weighted by Gasteiger charge is -2.38. The molecule has 0 fully saturated rings. The highest BCUT2D eigenvalue weighted by atomic mass is 19.1. The van der Waals surface area contributed by atoms with E-state index in [0.29, 0.717) is 24.0 Å². The first-order valence-electron chi connectivity index (χ1n) is 9.57. The maximum Gasteiger partial charge on any atom is 0.264 e. The van der Waals surface area contributed by atoms with Gasteiger partial charge in [-0.3, -0.25) is 9.59 Å². The molecule has 150 valence electrons. The number of anilines is 2. The molecule has 29 heavy (non-hydrogen) atoms. The minimum absolute atomic E-state index is 0.0562. The summed E-state index contributed by atoms with van der Waals surface area (Å²) in [7, 11) is 4.06. The fourth-order valence-corrected chi connectivity index (χ4v) is 3.66. The molecule has 1 aromatic heterocycles. The number of H-pyrrole nitrogens is 1. The van der Waals surface area contributed by atoms with E-state index < -0.39 is 11.4 Å². The van der Waals surface area contributed by atoms with Gasteiger partial charge in [0.15, 0.2) is 0 Å². The number of carbonyl (C=O) groups is 1. The van der Waals surface area contributed by atoms with Crippen molar-refractivity contribution in [3.8, 4) is 0 Å². The molecular weight excluding hydrogens is 371 g/mol. The number of para-hydroxylation sites is 2. The van der Waals surface area contributed by atoms with E-state index in [2.05, 4.69) is 14.8 Å². The van der Waals surface area contributed by atoms with Gasteiger partial charge in [-0.2, -0.15) is 0 Å². The number of nitrogens with one attached hydrogen (secondary N) is 1. The van der Waals surface area contributed by atoms with Crippen LogP contribution in [-0.4, -0.2) is 56.1 Å². The van der Waals surface area contributed by atoms with Gasteiger partial charge in [-0.15, -0.1) is 0 Å². The van der Waals surface area contributed by atoms with Crippen molar-refractivity contribution in [1.29, 1.82) is 0 Å². The van der Waals surface area contributed by atoms with E-state index in [0.717, 1.165) is 24.5 Å². The van der Waals surface area contributed by atoms with Crippen LogP contribution in [0.25, 0.3) is 10.9 Å². The van der Waals surface area contributed by atoms with E-state index in [1.165, 1.54) is 18.2 Å². The van der Waals surface area contributed by atoms with Crippen LogP contribution in [0.15, 0.2) is 53.3 Å². The minimum Gasteiger partial charge on any atom is -0.367 e. The van der Waals surface area contributed by atoms with Gasteiger partial charge in [-0.25, -0.2) is 4.39 Å². The Balaban J connectivity index is 1.69. The zero-order chi connectivity index (χ0) is 20.5. The third-order valence-electron chi connectivity index (χ3n) is 5.21. The van der Waals surface area contributed by atoms with Crippen LogP contribution in [0.5, 0.6) is 0 Å². The fraction of sp³-hybridized carbons (Fsp3) is 0.273. The summed E-state index contributed by atoms with van der Waals surface area (Å²) in [6.45, 7) is 2.94. The summed E-state index contributed by atoms with van der Waals surface area (Å²) in [6, 6.07) is 13.4. The molecule has 0 atom stereocenters. The summed E-state index contributed by atoms with van der Waals surface area (Å²) in [5.41, 5.74) is 1.69. The van der Waals surface area contributed by atoms with Crippen LogP contribution < -0.4 is 15.4 Å². The van der Waals surface area contributed by atoms with Gasteiger partial charge in [0.25, 0.3) is 11.5 Å². The van der Waals surface area contributed by atoms with Crippen LogP contribution >= 0.6 is 0 Å². The Morgan fingerprint density at radius 3 is 2.62 bits per heavy atom. The van der Waals surface area contributed by atoms with Gasteiger partial charge in [-0.1, -0.05) is 12.1 Å². The molecule has 3 aromatic rings. The molecule has 0 radical (unpaired) electrons. The number of halogens is 1. The molecule has 1 N–H and O–H groups in total. The first kappa shape index (κ1) is 19.1. The van der Waals surface area contributed by atoms with Crippen LogP contribution in [-0.2, 0) is 0 Å². The fourth-order valence-electron chi connectivity index (χ4n) is 3.66. The number of carbonyl (C=O) groups excluding carboxylic acids is 1. The standard InChI is InChI=1S/C22H23FN4O2/c1-25(2)9-10-26-11-12-27(20-6-4-3-5-19(20)26)22(29)17-13-15-7-8-16(23)14-18(15)24-21(17)28/h3-8,13-14H,9-12H2,1-2H3,(H,24,28). The summed E-state index contributed by atoms with van der Waals surface area (Å²) in [5, 5.41) is 0.618. The van der Waals surface area contributed by atoms with E-state index in [1.807, 2.05) is 38.4 Å². The lowest BCUT2D eigenvalue weighted by atomic mass is 10.1. The number of aromatic nitrogens is 1. The van der Waals surface area contributed by atoms with Gasteiger partial charge in [0, 0.05) is 26.2 Å². The topological polar surface area (TPSA) is 59.6 Å². The second-order valence-corrected chi connectivity index (χ2v) is 7.48. The highest BCUT2D eigenvalue weighted by molar-refractivity contribution is 6.09. The van der Waals surface area contributed by atoms with Crippen LogP contribution in [0.2, 0.25) is 0 Å². The average molecular weight is 394 g/mol. The molecule has 1 aliphatic rings. The zero-order valence-corrected chi connectivity index (χ0v) is 16.5. The molecule has 1 aliphatic heterocycles. The van der Waals surface area contributed by atoms with Crippen LogP contribution in [0, 0.1) is 5.82 Å². The van der Waals surface area contributed by atoms with Gasteiger partial charge in [0.1, 0.15) is 11.4 Å². The Morgan fingerprint density at radius 1 is 1.10 bits per heavy atom. The van der Waals surface area contributed by atoms with E-state index in [1.54, 1.807) is 11.0 Å². The molecule has 0 spiro atoms. The molecule has 7 heteroatoms. The zero-order valence-electron chi connectivity index (χ0n) is 16.5. The highest BCUT2D eigenvalue weighted by Crippen LogP contribution is 2.33. The van der Waals surface area contributed by atoms with Crippen molar-refractivity contribution in [3.63, 3.8) is 0 Å². The lowest BCUT2D eigenvalue weighted by molar-refractivity contribution is 0.0985. The van der Waals surface area contributed by atoms with Crippen molar-refractivity contribution in [2.45, 2.75) is 0 Å². The van der Waals surface area contributed by atoms with E-state index >= 15 is 0 Å². The number of benzene rings is 2. The Labute approximate surface area is 168 Å². The van der Waals surface area contributed by atoms with Gasteiger partial charge in [-0.05, 0) is 55.9 Å². The smallest absolute Gasteiger partial charge is 0.264 e. The van der Waals surface area contributed by atoms with E-state index in [4.69, 9.17) is 0 Å². The van der Waals surface area contributed by atoms with Crippen LogP contribution in [0.3, 0.4) is 0 Å². The highest BCUT2D eigenvalue weighted by Gasteiger charge is 2.28. The third kappa shape index (κ3) is 3.73. The van der Waals surface area contributed by atoms with E-state index in [-0.39, 0.29) is 11.5 Å². The largest absolute Gasteiger partial charge is 0.367 e. The number of amides is 1. The lowest BCUT2D eigenvalue weighted by Crippen LogP contribution is -2.46. The maximum atomic E-state index is 13.4. The quantitative estimate of drug-likeness (QED) is 0.739. The number of hydrogen-bond donors (Lipinski definition) is 1. The number of likely N-dealkylation sites (N-methyl/N-ethyl adjacent to an activating group) is 1. The Morgan fingerprint density at radius 2 is 1.86 bits per heavy atom. The maximum absolute atomic E-state index is 13.4. The molecule has 0 bridgehead atoms. The summed E-state index contributed by atoms with van der Waals surface area (Å²) in [5.74, 6) is -0.785. The SMILES string of the molecule is CN(C)CCN1CCN(C(=O)c2cc3ccc(F)cc3[nH]c2=O)c2ccccc21. The molecule has 1 amide bonds. The second-order valence-electron chi connectivity index (χ2n) is 7.48. The first-order chi connectivity index (χ1) is 13.9. The predicted molar refractivity (Wildman–Crippen MR) is 113 cm³/mol. The van der Waals surface area contributed by atoms with Crippen molar-refractivity contribution in [2.24, 2.45) is 0 Å². The number of aromatic amines is 1. The van der Waals surface area contributed by atoms with Crippen molar-refractivity contribution in [2.75, 3.05) is 50.1 Å². The van der Waals surface area contributed by atoms with Crippen molar-refractivity contribution in [1.82, 2.24) is 9.88 Å². The number of fused-ring (bicyclic) bond motifs is 2. The molecule has 0 unspecified atom stereocenters. The summed E-state index contributed by atoms with van der Waals surface area (Å²) in [6.07, 6.45) is 0. The van der Waals surface area contributed by atoms with E-state index in [9.17, 15) is 14.0 Å². The van der Waals surface area contributed by atoms with Gasteiger partial charge in [0.05, 0.1) is 16.9 Å². The molecule has 0 aliphatic carbocycles. The molecule has 0 saturated carbocycles. The third-order valence-corrected chi connectivity index (χ3v) is 5.21. The summed E-state index contributed by atoms with van der Waals surface area (Å²) >= 11 is 0. The van der Waals surface area contributed by atoms with Crippen LogP contribution in [0.4, 0.5) is 15.8 Å². The van der Waals surface area contributed by atoms with Crippen molar-refractivity contribution < 1.29 is 9.18 Å². The summed E-state index contributed by atoms with van der Waals surface area (Å²) in [4.78, 5) is 34.5. The monoisotopic (exact) mass is 394 g/mol. The molecule has 6 nitrogen and oxygen atoms in total. The Hall–Kier alpha value is -3.19. The second kappa shape index (κ2) is 7.67. The molecule has 2 aromatic carbocycles. The van der Waals surface area contributed by atoms with Crippen molar-refractivity contribution in [3.05, 3.63) is 70.3 Å². The molecular formula is C22H23FN4O2. The average Bonchev–Trinajstić information content (AvgIpc) is 2.70.